The summed E-state index contributed by atoms with van der Waals surface area (Å²) < 4.78 is 0. The first-order valence-corrected chi connectivity index (χ1v) is 7.72. The van der Waals surface area contributed by atoms with Gasteiger partial charge in [-0.25, -0.2) is 0 Å². The van der Waals surface area contributed by atoms with E-state index in [0.29, 0.717) is 12.1 Å². The summed E-state index contributed by atoms with van der Waals surface area (Å²) in [7, 11) is 0. The maximum absolute atomic E-state index is 3.80. The van der Waals surface area contributed by atoms with Crippen LogP contribution in [0.4, 0.5) is 0 Å². The maximum Gasteiger partial charge on any atom is 0.0305 e. The van der Waals surface area contributed by atoms with Crippen molar-refractivity contribution in [3.05, 3.63) is 21.4 Å². The first-order valence-electron chi connectivity index (χ1n) is 6.91. The molecule has 2 heteroatoms. The van der Waals surface area contributed by atoms with E-state index in [2.05, 4.69) is 39.1 Å². The van der Waals surface area contributed by atoms with E-state index >= 15 is 0 Å². The van der Waals surface area contributed by atoms with E-state index < -0.39 is 0 Å². The minimum Gasteiger partial charge on any atom is -0.307 e. The van der Waals surface area contributed by atoms with Gasteiger partial charge in [-0.3, -0.25) is 0 Å². The number of thiophene rings is 1. The zero-order chi connectivity index (χ0) is 12.4. The van der Waals surface area contributed by atoms with Crippen LogP contribution in [0.3, 0.4) is 0 Å². The molecule has 0 aliphatic heterocycles. The fourth-order valence-corrected chi connectivity index (χ4v) is 4.18. The largest absolute Gasteiger partial charge is 0.307 e. The molecule has 0 bridgehead atoms. The second kappa shape index (κ2) is 5.53. The second-order valence-corrected chi connectivity index (χ2v) is 7.05. The van der Waals surface area contributed by atoms with Gasteiger partial charge in [-0.1, -0.05) is 12.8 Å². The molecule has 1 heterocycles. The topological polar surface area (TPSA) is 12.0 Å². The van der Waals surface area contributed by atoms with Crippen LogP contribution in [-0.4, -0.2) is 6.04 Å². The third-order valence-electron chi connectivity index (χ3n) is 4.17. The van der Waals surface area contributed by atoms with E-state index in [0.717, 1.165) is 5.92 Å². The van der Waals surface area contributed by atoms with Crippen LogP contribution in [0.2, 0.25) is 0 Å². The Morgan fingerprint density at radius 2 is 1.88 bits per heavy atom. The molecule has 1 aromatic rings. The van der Waals surface area contributed by atoms with Crippen LogP contribution >= 0.6 is 11.3 Å². The van der Waals surface area contributed by atoms with Gasteiger partial charge >= 0.3 is 0 Å². The van der Waals surface area contributed by atoms with E-state index in [1.165, 1.54) is 41.0 Å². The zero-order valence-corrected chi connectivity index (χ0v) is 12.4. The van der Waals surface area contributed by atoms with Crippen LogP contribution in [0.5, 0.6) is 0 Å². The molecule has 1 N–H and O–H groups in total. The van der Waals surface area contributed by atoms with Crippen molar-refractivity contribution in [3.63, 3.8) is 0 Å². The van der Waals surface area contributed by atoms with Gasteiger partial charge in [-0.2, -0.15) is 0 Å². The quantitative estimate of drug-likeness (QED) is 0.825. The average Bonchev–Trinajstić information content (AvgIpc) is 2.87. The minimum atomic E-state index is 0.496. The van der Waals surface area contributed by atoms with Gasteiger partial charge in [-0.15, -0.1) is 11.3 Å². The molecule has 1 fully saturated rings. The summed E-state index contributed by atoms with van der Waals surface area (Å²) in [6.07, 6.45) is 5.70. The molecule has 2 unspecified atom stereocenters. The Kier molecular flexibility index (Phi) is 4.26. The van der Waals surface area contributed by atoms with Gasteiger partial charge in [0.25, 0.3) is 0 Å². The smallest absolute Gasteiger partial charge is 0.0305 e. The lowest BCUT2D eigenvalue weighted by Gasteiger charge is -2.25. The molecule has 0 radical (unpaired) electrons. The predicted octanol–water partition coefficient (Wildman–Crippen LogP) is 4.59. The third-order valence-corrected chi connectivity index (χ3v) is 5.15. The molecule has 96 valence electrons. The average molecular weight is 251 g/mol. The monoisotopic (exact) mass is 251 g/mol. The number of hydrogen-bond acceptors (Lipinski definition) is 2. The summed E-state index contributed by atoms with van der Waals surface area (Å²) >= 11 is 1.92. The first-order chi connectivity index (χ1) is 8.08. The van der Waals surface area contributed by atoms with Crippen LogP contribution in [0.1, 0.15) is 60.9 Å². The number of hydrogen-bond donors (Lipinski definition) is 1. The molecule has 1 saturated carbocycles. The Morgan fingerprint density at radius 3 is 2.41 bits per heavy atom. The van der Waals surface area contributed by atoms with Crippen LogP contribution in [-0.2, 0) is 0 Å². The summed E-state index contributed by atoms with van der Waals surface area (Å²) in [5.41, 5.74) is 1.50. The standard InChI is InChI=1S/C15H25NS/c1-10-9-15(13(4)17-10)12(3)16-11(2)14-7-5-6-8-14/h9,11-12,14,16H,5-8H2,1-4H3. The van der Waals surface area contributed by atoms with Crippen molar-refractivity contribution in [3.8, 4) is 0 Å². The fraction of sp³-hybridized carbons (Fsp3) is 0.733. The van der Waals surface area contributed by atoms with Crippen molar-refractivity contribution in [2.75, 3.05) is 0 Å². The normalized spacial score (nSPS) is 20.7. The van der Waals surface area contributed by atoms with E-state index in [-0.39, 0.29) is 0 Å². The molecule has 1 aliphatic carbocycles. The molecule has 0 amide bonds. The Balaban J connectivity index is 1.96. The first kappa shape index (κ1) is 13.1. The Labute approximate surface area is 110 Å². The molecule has 1 aromatic heterocycles. The maximum atomic E-state index is 3.80. The van der Waals surface area contributed by atoms with Crippen molar-refractivity contribution >= 4 is 11.3 Å². The van der Waals surface area contributed by atoms with Crippen LogP contribution in [0, 0.1) is 19.8 Å². The van der Waals surface area contributed by atoms with Gasteiger partial charge in [0, 0.05) is 21.8 Å². The highest BCUT2D eigenvalue weighted by molar-refractivity contribution is 7.12. The molecular formula is C15H25NS. The lowest BCUT2D eigenvalue weighted by molar-refractivity contribution is 0.352. The highest BCUT2D eigenvalue weighted by Gasteiger charge is 2.23. The highest BCUT2D eigenvalue weighted by atomic mass is 32.1. The SMILES string of the molecule is Cc1cc(C(C)NC(C)C2CCCC2)c(C)s1. The minimum absolute atomic E-state index is 0.496. The van der Waals surface area contributed by atoms with Gasteiger partial charge in [0.15, 0.2) is 0 Å². The summed E-state index contributed by atoms with van der Waals surface area (Å²) in [6, 6.07) is 3.50. The van der Waals surface area contributed by atoms with Gasteiger partial charge in [0.1, 0.15) is 0 Å². The molecule has 2 atom stereocenters. The van der Waals surface area contributed by atoms with Gasteiger partial charge < -0.3 is 5.32 Å². The van der Waals surface area contributed by atoms with E-state index in [1.807, 2.05) is 11.3 Å². The lowest BCUT2D eigenvalue weighted by Crippen LogP contribution is -2.34. The molecular weight excluding hydrogens is 226 g/mol. The lowest BCUT2D eigenvalue weighted by atomic mass is 9.98. The van der Waals surface area contributed by atoms with Gasteiger partial charge in [-0.05, 0) is 58.1 Å². The molecule has 2 rings (SSSR count). The Hall–Kier alpha value is -0.340. The Morgan fingerprint density at radius 1 is 1.24 bits per heavy atom. The summed E-state index contributed by atoms with van der Waals surface area (Å²) in [5.74, 6) is 0.900. The summed E-state index contributed by atoms with van der Waals surface area (Å²) in [4.78, 5) is 2.90. The third kappa shape index (κ3) is 3.11. The molecule has 1 aliphatic rings. The van der Waals surface area contributed by atoms with Crippen molar-refractivity contribution in [2.45, 2.75) is 65.5 Å². The summed E-state index contributed by atoms with van der Waals surface area (Å²) in [6.45, 7) is 9.11. The van der Waals surface area contributed by atoms with Crippen LogP contribution in [0.25, 0.3) is 0 Å². The van der Waals surface area contributed by atoms with Crippen LogP contribution < -0.4 is 5.32 Å². The van der Waals surface area contributed by atoms with E-state index in [1.54, 1.807) is 0 Å². The Bertz CT molecular complexity index is 363. The predicted molar refractivity (Wildman–Crippen MR) is 76.8 cm³/mol. The van der Waals surface area contributed by atoms with E-state index in [9.17, 15) is 0 Å². The number of aryl methyl sites for hydroxylation is 2. The zero-order valence-electron chi connectivity index (χ0n) is 11.5. The fourth-order valence-electron chi connectivity index (χ4n) is 3.16. The van der Waals surface area contributed by atoms with Crippen LogP contribution in [0.15, 0.2) is 6.07 Å². The second-order valence-electron chi connectivity index (χ2n) is 5.59. The molecule has 0 aromatic carbocycles. The summed E-state index contributed by atoms with van der Waals surface area (Å²) in [5, 5.41) is 3.80. The molecule has 17 heavy (non-hydrogen) atoms. The number of rotatable bonds is 4. The molecule has 0 saturated heterocycles. The number of nitrogens with one attached hydrogen (secondary N) is 1. The van der Waals surface area contributed by atoms with Gasteiger partial charge in [0.2, 0.25) is 0 Å². The van der Waals surface area contributed by atoms with Gasteiger partial charge in [0.05, 0.1) is 0 Å². The van der Waals surface area contributed by atoms with Crippen molar-refractivity contribution < 1.29 is 0 Å². The van der Waals surface area contributed by atoms with Crippen molar-refractivity contribution in [1.82, 2.24) is 5.32 Å². The van der Waals surface area contributed by atoms with E-state index in [4.69, 9.17) is 0 Å². The molecule has 1 nitrogen and oxygen atoms in total. The highest BCUT2D eigenvalue weighted by Crippen LogP contribution is 2.30. The van der Waals surface area contributed by atoms with Crippen molar-refractivity contribution in [2.24, 2.45) is 5.92 Å². The molecule has 0 spiro atoms. The van der Waals surface area contributed by atoms with Crippen molar-refractivity contribution in [1.29, 1.82) is 0 Å².